The molecule has 1 fully saturated rings. The van der Waals surface area contributed by atoms with Gasteiger partial charge in [0.1, 0.15) is 0 Å². The third kappa shape index (κ3) is 2.81. The van der Waals surface area contributed by atoms with Crippen molar-refractivity contribution in [1.82, 2.24) is 14.4 Å². The lowest BCUT2D eigenvalue weighted by molar-refractivity contribution is -0.135. The standard InChI is InChI=1S/C20H29N3O3/c1-5-7-13-8-9-16-17-14(11-23(16)19(13)25)15(12-24)18(20(26)21(3)4)22(17)10-6-2/h5,7-9,14-15,17-18,24H,6,10-12H2,1-4H3/b7-5+/t14-,15-,17+,18-/m0/s1. The Bertz CT molecular complexity index is 768. The average Bonchev–Trinajstić information content (AvgIpc) is 3.12. The molecule has 0 bridgehead atoms. The van der Waals surface area contributed by atoms with Crippen molar-refractivity contribution in [2.45, 2.75) is 38.9 Å². The lowest BCUT2D eigenvalue weighted by Gasteiger charge is -2.32. The van der Waals surface area contributed by atoms with E-state index >= 15 is 0 Å². The SMILES string of the molecule is C/C=C/c1ccc2n(c1=O)C[C@H]1[C@H](CO)[C@@H](C(=O)N(C)C)N(CCC)[C@@H]21. The molecule has 0 aliphatic carbocycles. The number of aliphatic hydroxyl groups excluding tert-OH is 1. The van der Waals surface area contributed by atoms with Crippen LogP contribution in [0, 0.1) is 11.8 Å². The fraction of sp³-hybridized carbons (Fsp3) is 0.600. The number of carbonyl (C=O) groups excluding carboxylic acids is 1. The number of aliphatic hydroxyl groups is 1. The Morgan fingerprint density at radius 2 is 2.12 bits per heavy atom. The lowest BCUT2D eigenvalue weighted by Crippen LogP contribution is -2.48. The predicted molar refractivity (Wildman–Crippen MR) is 102 cm³/mol. The van der Waals surface area contributed by atoms with Gasteiger partial charge in [-0.1, -0.05) is 19.1 Å². The fourth-order valence-corrected chi connectivity index (χ4v) is 4.69. The van der Waals surface area contributed by atoms with Gasteiger partial charge >= 0.3 is 0 Å². The first kappa shape index (κ1) is 18.9. The van der Waals surface area contributed by atoms with Gasteiger partial charge in [0.05, 0.1) is 12.1 Å². The van der Waals surface area contributed by atoms with Crippen molar-refractivity contribution < 1.29 is 9.90 Å². The summed E-state index contributed by atoms with van der Waals surface area (Å²) in [6, 6.07) is 3.56. The highest BCUT2D eigenvalue weighted by Crippen LogP contribution is 2.49. The van der Waals surface area contributed by atoms with Crippen molar-refractivity contribution >= 4 is 12.0 Å². The van der Waals surface area contributed by atoms with Crippen LogP contribution in [0.25, 0.3) is 6.08 Å². The van der Waals surface area contributed by atoms with E-state index < -0.39 is 0 Å². The second kappa shape index (κ2) is 7.37. The monoisotopic (exact) mass is 359 g/mol. The summed E-state index contributed by atoms with van der Waals surface area (Å²) in [7, 11) is 3.52. The summed E-state index contributed by atoms with van der Waals surface area (Å²) in [5.41, 5.74) is 1.66. The Labute approximate surface area is 154 Å². The molecule has 1 aromatic heterocycles. The number of amides is 1. The molecule has 6 nitrogen and oxygen atoms in total. The first-order valence-corrected chi connectivity index (χ1v) is 9.40. The molecule has 2 aliphatic heterocycles. The molecule has 26 heavy (non-hydrogen) atoms. The highest BCUT2D eigenvalue weighted by molar-refractivity contribution is 5.82. The maximum Gasteiger partial charge on any atom is 0.258 e. The van der Waals surface area contributed by atoms with Gasteiger partial charge in [0, 0.05) is 50.3 Å². The largest absolute Gasteiger partial charge is 0.396 e. The maximum absolute atomic E-state index is 12.8. The van der Waals surface area contributed by atoms with E-state index in [1.807, 2.05) is 35.8 Å². The minimum atomic E-state index is -0.330. The number of rotatable bonds is 5. The zero-order valence-electron chi connectivity index (χ0n) is 16.1. The van der Waals surface area contributed by atoms with Crippen molar-refractivity contribution in [2.75, 3.05) is 27.2 Å². The maximum atomic E-state index is 12.8. The average molecular weight is 359 g/mol. The van der Waals surface area contributed by atoms with Crippen molar-refractivity contribution in [3.8, 4) is 0 Å². The van der Waals surface area contributed by atoms with Crippen molar-refractivity contribution in [3.05, 3.63) is 39.8 Å². The molecule has 0 spiro atoms. The van der Waals surface area contributed by atoms with Gasteiger partial charge in [-0.3, -0.25) is 14.5 Å². The molecular weight excluding hydrogens is 330 g/mol. The molecule has 1 amide bonds. The highest BCUT2D eigenvalue weighted by Gasteiger charge is 2.55. The zero-order valence-corrected chi connectivity index (χ0v) is 16.1. The molecule has 1 N–H and O–H groups in total. The van der Waals surface area contributed by atoms with Gasteiger partial charge in [0.2, 0.25) is 5.91 Å². The van der Waals surface area contributed by atoms with Crippen LogP contribution in [0.15, 0.2) is 23.0 Å². The molecule has 142 valence electrons. The molecule has 0 unspecified atom stereocenters. The molecule has 1 saturated heterocycles. The molecule has 0 radical (unpaired) electrons. The van der Waals surface area contributed by atoms with Gasteiger partial charge < -0.3 is 14.6 Å². The van der Waals surface area contributed by atoms with Crippen LogP contribution >= 0.6 is 0 Å². The summed E-state index contributed by atoms with van der Waals surface area (Å²) in [5.74, 6) is -0.0498. The quantitative estimate of drug-likeness (QED) is 0.862. The van der Waals surface area contributed by atoms with Gasteiger partial charge in [-0.05, 0) is 32.0 Å². The first-order valence-electron chi connectivity index (χ1n) is 9.40. The molecule has 3 rings (SSSR count). The Kier molecular flexibility index (Phi) is 5.34. The molecule has 0 saturated carbocycles. The zero-order chi connectivity index (χ0) is 19.0. The summed E-state index contributed by atoms with van der Waals surface area (Å²) in [6.45, 7) is 5.28. The van der Waals surface area contributed by atoms with Gasteiger partial charge in [0.25, 0.3) is 5.56 Å². The molecule has 4 atom stereocenters. The number of likely N-dealkylation sites (tertiary alicyclic amines) is 1. The van der Waals surface area contributed by atoms with E-state index in [9.17, 15) is 14.7 Å². The summed E-state index contributed by atoms with van der Waals surface area (Å²) in [6.07, 6.45) is 4.61. The van der Waals surface area contributed by atoms with Gasteiger partial charge in [-0.25, -0.2) is 0 Å². The number of allylic oxidation sites excluding steroid dienone is 1. The number of pyridine rings is 1. The second-order valence-electron chi connectivity index (χ2n) is 7.50. The van der Waals surface area contributed by atoms with Gasteiger partial charge in [-0.2, -0.15) is 0 Å². The Hall–Kier alpha value is -1.92. The van der Waals surface area contributed by atoms with Crippen LogP contribution < -0.4 is 5.56 Å². The van der Waals surface area contributed by atoms with E-state index in [0.29, 0.717) is 12.1 Å². The normalized spacial score (nSPS) is 27.7. The number of carbonyl (C=O) groups is 1. The molecule has 3 heterocycles. The minimum absolute atomic E-state index is 0.00774. The summed E-state index contributed by atoms with van der Waals surface area (Å²) in [5, 5.41) is 10.1. The molecular formula is C20H29N3O3. The smallest absolute Gasteiger partial charge is 0.258 e. The van der Waals surface area contributed by atoms with Crippen LogP contribution in [0.5, 0.6) is 0 Å². The van der Waals surface area contributed by atoms with Crippen LogP contribution in [-0.4, -0.2) is 58.7 Å². The van der Waals surface area contributed by atoms with Gasteiger partial charge in [-0.15, -0.1) is 0 Å². The number of hydrogen-bond donors (Lipinski definition) is 1. The minimum Gasteiger partial charge on any atom is -0.396 e. The van der Waals surface area contributed by atoms with Crippen LogP contribution in [0.1, 0.15) is 37.6 Å². The van der Waals surface area contributed by atoms with E-state index in [2.05, 4.69) is 11.8 Å². The number of aromatic nitrogens is 1. The predicted octanol–water partition coefficient (Wildman–Crippen LogP) is 1.34. The Morgan fingerprint density at radius 3 is 2.69 bits per heavy atom. The third-order valence-electron chi connectivity index (χ3n) is 5.74. The number of nitrogens with zero attached hydrogens (tertiary/aromatic N) is 3. The van der Waals surface area contributed by atoms with Crippen LogP contribution in [0.4, 0.5) is 0 Å². The van der Waals surface area contributed by atoms with E-state index in [-0.39, 0.29) is 42.0 Å². The van der Waals surface area contributed by atoms with Crippen molar-refractivity contribution in [1.29, 1.82) is 0 Å². The molecule has 1 aromatic rings. The first-order chi connectivity index (χ1) is 12.5. The number of likely N-dealkylation sites (N-methyl/N-ethyl adjacent to an activating group) is 1. The van der Waals surface area contributed by atoms with Crippen molar-refractivity contribution in [3.63, 3.8) is 0 Å². The van der Waals surface area contributed by atoms with E-state index in [1.165, 1.54) is 0 Å². The molecule has 6 heteroatoms. The summed E-state index contributed by atoms with van der Waals surface area (Å²) in [4.78, 5) is 29.5. The second-order valence-corrected chi connectivity index (χ2v) is 7.50. The van der Waals surface area contributed by atoms with Crippen LogP contribution in [0.3, 0.4) is 0 Å². The topological polar surface area (TPSA) is 65.8 Å². The summed E-state index contributed by atoms with van der Waals surface area (Å²) >= 11 is 0. The number of fused-ring (bicyclic) bond motifs is 3. The third-order valence-corrected chi connectivity index (χ3v) is 5.74. The number of hydrogen-bond acceptors (Lipinski definition) is 4. The Morgan fingerprint density at radius 1 is 1.38 bits per heavy atom. The molecule has 2 aliphatic rings. The van der Waals surface area contributed by atoms with Crippen LogP contribution in [0.2, 0.25) is 0 Å². The van der Waals surface area contributed by atoms with Crippen LogP contribution in [-0.2, 0) is 11.3 Å². The lowest BCUT2D eigenvalue weighted by atomic mass is 9.88. The van der Waals surface area contributed by atoms with Gasteiger partial charge in [0.15, 0.2) is 0 Å². The van der Waals surface area contributed by atoms with Crippen molar-refractivity contribution in [2.24, 2.45) is 11.8 Å². The highest BCUT2D eigenvalue weighted by atomic mass is 16.3. The molecule has 0 aromatic carbocycles. The fourth-order valence-electron chi connectivity index (χ4n) is 4.69. The summed E-state index contributed by atoms with van der Waals surface area (Å²) < 4.78 is 1.84. The Balaban J connectivity index is 2.08. The van der Waals surface area contributed by atoms with E-state index in [4.69, 9.17) is 0 Å². The van der Waals surface area contributed by atoms with E-state index in [1.54, 1.807) is 19.0 Å². The van der Waals surface area contributed by atoms with E-state index in [0.717, 1.165) is 18.7 Å².